The first kappa shape index (κ1) is 10.5. The van der Waals surface area contributed by atoms with Gasteiger partial charge in [0, 0.05) is 11.5 Å². The van der Waals surface area contributed by atoms with Crippen molar-refractivity contribution in [1.29, 1.82) is 0 Å². The molecule has 1 aliphatic rings. The van der Waals surface area contributed by atoms with Crippen LogP contribution in [0.5, 0.6) is 0 Å². The lowest BCUT2D eigenvalue weighted by molar-refractivity contribution is -0.743. The van der Waals surface area contributed by atoms with Gasteiger partial charge in [-0.2, -0.15) is 0 Å². The van der Waals surface area contributed by atoms with Crippen LogP contribution in [0.15, 0.2) is 36.7 Å². The molecule has 88 valence electrons. The van der Waals surface area contributed by atoms with Crippen molar-refractivity contribution in [3.8, 4) is 0 Å². The van der Waals surface area contributed by atoms with Gasteiger partial charge in [0.05, 0.1) is 13.7 Å². The van der Waals surface area contributed by atoms with Crippen LogP contribution in [0.25, 0.3) is 0 Å². The van der Waals surface area contributed by atoms with E-state index >= 15 is 0 Å². The maximum absolute atomic E-state index is 5.60. The fourth-order valence-electron chi connectivity index (χ4n) is 2.32. The average molecular weight is 230 g/mol. The van der Waals surface area contributed by atoms with Crippen LogP contribution in [0.2, 0.25) is 0 Å². The number of ether oxygens (including phenoxy) is 1. The van der Waals surface area contributed by atoms with Crippen LogP contribution in [0.4, 0.5) is 0 Å². The molecular weight excluding hydrogens is 214 g/mol. The number of aryl methyl sites for hydroxylation is 1. The molecule has 4 heteroatoms. The number of benzene rings is 1. The summed E-state index contributed by atoms with van der Waals surface area (Å²) in [5.41, 5.74) is 1.34. The van der Waals surface area contributed by atoms with E-state index in [0.717, 1.165) is 18.9 Å². The third kappa shape index (κ3) is 2.08. The molecule has 0 saturated carbocycles. The molecule has 1 atom stereocenters. The van der Waals surface area contributed by atoms with Gasteiger partial charge in [-0.05, 0) is 5.56 Å². The number of aromatic nitrogens is 3. The highest BCUT2D eigenvalue weighted by Gasteiger charge is 2.28. The fourth-order valence-corrected chi connectivity index (χ4v) is 2.32. The number of rotatable bonds is 2. The molecule has 0 amide bonds. The topological polar surface area (TPSA) is 30.9 Å². The van der Waals surface area contributed by atoms with E-state index in [0.29, 0.717) is 12.6 Å². The van der Waals surface area contributed by atoms with E-state index < -0.39 is 0 Å². The summed E-state index contributed by atoms with van der Waals surface area (Å²) in [6.45, 7) is 1.38. The standard InChI is InChI=1S/C13H16N3O/c1-15-10-16-12(8-17-9-13(16)14-15)7-11-5-3-2-4-6-11/h2-6,10,12H,7-9H2,1H3/q+1/t12-/m0/s1. The van der Waals surface area contributed by atoms with Crippen molar-refractivity contribution in [2.45, 2.75) is 19.1 Å². The summed E-state index contributed by atoms with van der Waals surface area (Å²) >= 11 is 0. The number of hydrogen-bond donors (Lipinski definition) is 0. The van der Waals surface area contributed by atoms with Crippen LogP contribution < -0.4 is 4.57 Å². The van der Waals surface area contributed by atoms with Gasteiger partial charge >= 0.3 is 5.82 Å². The summed E-state index contributed by atoms with van der Waals surface area (Å²) in [4.78, 5) is 0. The molecule has 2 aromatic rings. The first-order valence-electron chi connectivity index (χ1n) is 5.88. The fraction of sp³-hybridized carbons (Fsp3) is 0.385. The molecule has 0 saturated heterocycles. The van der Waals surface area contributed by atoms with Crippen LogP contribution in [0.3, 0.4) is 0 Å². The maximum atomic E-state index is 5.60. The third-order valence-electron chi connectivity index (χ3n) is 3.11. The van der Waals surface area contributed by atoms with Gasteiger partial charge in [0.2, 0.25) is 6.33 Å². The Morgan fingerprint density at radius 3 is 3.06 bits per heavy atom. The smallest absolute Gasteiger partial charge is 0.303 e. The minimum Gasteiger partial charge on any atom is -0.367 e. The Morgan fingerprint density at radius 2 is 2.24 bits per heavy atom. The summed E-state index contributed by atoms with van der Waals surface area (Å²) in [6, 6.07) is 10.9. The van der Waals surface area contributed by atoms with Gasteiger partial charge in [-0.25, -0.2) is 4.57 Å². The lowest BCUT2D eigenvalue weighted by Crippen LogP contribution is -2.48. The van der Waals surface area contributed by atoms with Gasteiger partial charge in [-0.1, -0.05) is 30.3 Å². The minimum atomic E-state index is 0.356. The monoisotopic (exact) mass is 230 g/mol. The van der Waals surface area contributed by atoms with Crippen LogP contribution in [0.1, 0.15) is 17.4 Å². The molecule has 1 aromatic heterocycles. The second kappa shape index (κ2) is 4.30. The summed E-state index contributed by atoms with van der Waals surface area (Å²) in [6.07, 6.45) is 3.04. The predicted octanol–water partition coefficient (Wildman–Crippen LogP) is 1.02. The molecule has 0 aliphatic carbocycles. The van der Waals surface area contributed by atoms with E-state index in [2.05, 4.69) is 33.9 Å². The first-order valence-corrected chi connectivity index (χ1v) is 5.88. The predicted molar refractivity (Wildman–Crippen MR) is 62.2 cm³/mol. The Balaban J connectivity index is 1.86. The number of fused-ring (bicyclic) bond motifs is 1. The SMILES string of the molecule is Cn1c[n+]2c(n1)COC[C@@H]2Cc1ccccc1. The Morgan fingerprint density at radius 1 is 1.41 bits per heavy atom. The van der Waals surface area contributed by atoms with Crippen LogP contribution in [-0.2, 0) is 24.8 Å². The van der Waals surface area contributed by atoms with E-state index in [4.69, 9.17) is 4.74 Å². The van der Waals surface area contributed by atoms with Gasteiger partial charge in [0.15, 0.2) is 0 Å². The summed E-state index contributed by atoms with van der Waals surface area (Å²) in [5, 5.41) is 4.40. The van der Waals surface area contributed by atoms with Crippen molar-refractivity contribution in [3.63, 3.8) is 0 Å². The molecule has 0 bridgehead atoms. The van der Waals surface area contributed by atoms with Crippen molar-refractivity contribution < 1.29 is 9.30 Å². The zero-order valence-electron chi connectivity index (χ0n) is 9.91. The third-order valence-corrected chi connectivity index (χ3v) is 3.11. The van der Waals surface area contributed by atoms with Gasteiger partial charge < -0.3 is 4.74 Å². The van der Waals surface area contributed by atoms with Gasteiger partial charge in [0.25, 0.3) is 0 Å². The molecule has 1 aliphatic heterocycles. The molecule has 0 fully saturated rings. The van der Waals surface area contributed by atoms with E-state index in [1.807, 2.05) is 24.1 Å². The Bertz CT molecular complexity index is 507. The Kier molecular flexibility index (Phi) is 2.65. The molecule has 0 radical (unpaired) electrons. The molecular formula is C13H16N3O+. The van der Waals surface area contributed by atoms with Gasteiger partial charge in [-0.3, -0.25) is 0 Å². The zero-order chi connectivity index (χ0) is 11.7. The Labute approximate surface area is 100 Å². The normalized spacial score (nSPS) is 19.0. The second-order valence-corrected chi connectivity index (χ2v) is 4.47. The van der Waals surface area contributed by atoms with E-state index in [-0.39, 0.29) is 0 Å². The highest BCUT2D eigenvalue weighted by Crippen LogP contribution is 2.14. The lowest BCUT2D eigenvalue weighted by Gasteiger charge is -2.19. The number of nitrogens with zero attached hydrogens (tertiary/aromatic N) is 3. The molecule has 17 heavy (non-hydrogen) atoms. The minimum absolute atomic E-state index is 0.356. The summed E-state index contributed by atoms with van der Waals surface area (Å²) in [5.74, 6) is 1.01. The van der Waals surface area contributed by atoms with E-state index in [1.54, 1.807) is 0 Å². The summed E-state index contributed by atoms with van der Waals surface area (Å²) in [7, 11) is 1.95. The maximum Gasteiger partial charge on any atom is 0.303 e. The van der Waals surface area contributed by atoms with Crippen molar-refractivity contribution in [2.24, 2.45) is 7.05 Å². The Hall–Kier alpha value is -1.68. The van der Waals surface area contributed by atoms with Crippen molar-refractivity contribution in [3.05, 3.63) is 48.0 Å². The van der Waals surface area contributed by atoms with Gasteiger partial charge in [-0.15, -0.1) is 4.68 Å². The number of hydrogen-bond acceptors (Lipinski definition) is 2. The highest BCUT2D eigenvalue weighted by atomic mass is 16.5. The molecule has 4 nitrogen and oxygen atoms in total. The second-order valence-electron chi connectivity index (χ2n) is 4.47. The van der Waals surface area contributed by atoms with E-state index in [1.165, 1.54) is 5.56 Å². The van der Waals surface area contributed by atoms with Crippen LogP contribution >= 0.6 is 0 Å². The molecule has 3 rings (SSSR count). The molecule has 0 N–H and O–H groups in total. The quantitative estimate of drug-likeness (QED) is 0.721. The molecule has 2 heterocycles. The van der Waals surface area contributed by atoms with E-state index in [9.17, 15) is 0 Å². The zero-order valence-corrected chi connectivity index (χ0v) is 9.91. The largest absolute Gasteiger partial charge is 0.367 e. The lowest BCUT2D eigenvalue weighted by atomic mass is 10.1. The van der Waals surface area contributed by atoms with Crippen molar-refractivity contribution >= 4 is 0 Å². The molecule has 0 unspecified atom stereocenters. The van der Waals surface area contributed by atoms with Crippen LogP contribution in [-0.4, -0.2) is 16.4 Å². The summed E-state index contributed by atoms with van der Waals surface area (Å²) < 4.78 is 9.68. The molecule has 0 spiro atoms. The average Bonchev–Trinajstić information content (AvgIpc) is 2.72. The first-order chi connectivity index (χ1) is 8.33. The highest BCUT2D eigenvalue weighted by molar-refractivity contribution is 5.15. The van der Waals surface area contributed by atoms with Gasteiger partial charge in [0.1, 0.15) is 12.6 Å². The molecule has 1 aromatic carbocycles. The van der Waals surface area contributed by atoms with Crippen molar-refractivity contribution in [1.82, 2.24) is 9.78 Å². The van der Waals surface area contributed by atoms with Crippen molar-refractivity contribution in [2.75, 3.05) is 6.61 Å². The van der Waals surface area contributed by atoms with Crippen LogP contribution in [0, 0.1) is 0 Å².